The molecule has 2 fully saturated rings. The van der Waals surface area contributed by atoms with E-state index in [4.69, 9.17) is 0 Å². The van der Waals surface area contributed by atoms with Gasteiger partial charge in [-0.05, 0) is 49.3 Å². The van der Waals surface area contributed by atoms with Gasteiger partial charge in [-0.25, -0.2) is 0 Å². The average Bonchev–Trinajstić information content (AvgIpc) is 3.21. The highest BCUT2D eigenvalue weighted by atomic mass is 16.3. The van der Waals surface area contributed by atoms with Gasteiger partial charge in [0, 0.05) is 57.4 Å². The number of fused-ring (bicyclic) bond motifs is 1. The molecule has 4 aliphatic rings. The topological polar surface area (TPSA) is 71.4 Å². The maximum absolute atomic E-state index is 11.6. The number of hydrogen-bond donors (Lipinski definition) is 2. The van der Waals surface area contributed by atoms with Crippen molar-refractivity contribution in [3.8, 4) is 0 Å². The van der Waals surface area contributed by atoms with E-state index >= 15 is 0 Å². The van der Waals surface area contributed by atoms with Crippen molar-refractivity contribution in [3.05, 3.63) is 47.3 Å². The molecule has 5 rings (SSSR count). The molecule has 1 saturated carbocycles. The molecule has 1 amide bonds. The second-order valence-corrected chi connectivity index (χ2v) is 9.67. The van der Waals surface area contributed by atoms with Crippen LogP contribution in [0.5, 0.6) is 0 Å². The van der Waals surface area contributed by atoms with Gasteiger partial charge in [0.05, 0.1) is 6.10 Å². The lowest BCUT2D eigenvalue weighted by molar-refractivity contribution is -0.129. The molecule has 0 radical (unpaired) electrons. The largest absolute Gasteiger partial charge is 0.391 e. The summed E-state index contributed by atoms with van der Waals surface area (Å²) in [4.78, 5) is 22.9. The fourth-order valence-electron chi connectivity index (χ4n) is 5.84. The second kappa shape index (κ2) is 9.24. The number of piperidine rings is 1. The highest BCUT2D eigenvalue weighted by Gasteiger charge is 2.41. The molecule has 172 valence electrons. The number of carbonyl (C=O) groups is 1. The smallest absolute Gasteiger partial charge is 0.219 e. The van der Waals surface area contributed by atoms with Crippen molar-refractivity contribution >= 4 is 12.1 Å². The summed E-state index contributed by atoms with van der Waals surface area (Å²) < 4.78 is 0. The molecule has 3 aliphatic heterocycles. The number of nitrogens with zero attached hydrogens (tertiary/aromatic N) is 4. The number of allylic oxidation sites excluding steroid dienone is 1. The highest BCUT2D eigenvalue weighted by Crippen LogP contribution is 2.33. The van der Waals surface area contributed by atoms with Gasteiger partial charge in [0.1, 0.15) is 12.5 Å². The summed E-state index contributed by atoms with van der Waals surface area (Å²) in [5.74, 6) is 1.28. The predicted molar refractivity (Wildman–Crippen MR) is 125 cm³/mol. The summed E-state index contributed by atoms with van der Waals surface area (Å²) in [6.45, 7) is 5.86. The Morgan fingerprint density at radius 1 is 1.12 bits per heavy atom. The first-order chi connectivity index (χ1) is 15.6. The lowest BCUT2D eigenvalue weighted by atomic mass is 9.98. The third-order valence-corrected chi connectivity index (χ3v) is 7.71. The van der Waals surface area contributed by atoms with Crippen molar-refractivity contribution in [1.82, 2.24) is 20.0 Å². The normalized spacial score (nSPS) is 29.1. The van der Waals surface area contributed by atoms with E-state index in [1.54, 1.807) is 6.92 Å². The molecule has 2 N–H and O–H groups in total. The molecule has 1 aromatic rings. The summed E-state index contributed by atoms with van der Waals surface area (Å²) in [7, 11) is 0. The van der Waals surface area contributed by atoms with E-state index in [9.17, 15) is 9.90 Å². The maximum Gasteiger partial charge on any atom is 0.219 e. The van der Waals surface area contributed by atoms with E-state index in [1.807, 2.05) is 11.1 Å². The zero-order valence-corrected chi connectivity index (χ0v) is 19.0. The Bertz CT molecular complexity index is 892. The number of amides is 1. The molecule has 0 spiro atoms. The first kappa shape index (κ1) is 21.5. The molecule has 1 saturated heterocycles. The fraction of sp³-hybridized carbons (Fsp3) is 0.600. The van der Waals surface area contributed by atoms with Crippen LogP contribution in [0, 0.1) is 0 Å². The maximum atomic E-state index is 11.6. The van der Waals surface area contributed by atoms with E-state index in [0.29, 0.717) is 12.7 Å². The zero-order valence-electron chi connectivity index (χ0n) is 19.0. The number of aliphatic hydroxyl groups excluding tert-OH is 1. The van der Waals surface area contributed by atoms with Crippen molar-refractivity contribution in [2.75, 3.05) is 26.3 Å². The van der Waals surface area contributed by atoms with Gasteiger partial charge in [0.25, 0.3) is 0 Å². The van der Waals surface area contributed by atoms with Gasteiger partial charge in [-0.2, -0.15) is 0 Å². The minimum atomic E-state index is -0.309. The molecule has 7 nitrogen and oxygen atoms in total. The van der Waals surface area contributed by atoms with Crippen molar-refractivity contribution in [3.63, 3.8) is 0 Å². The molecule has 0 aromatic heterocycles. The van der Waals surface area contributed by atoms with Crippen LogP contribution in [0.2, 0.25) is 0 Å². The average molecular weight is 438 g/mol. The molecule has 3 unspecified atom stereocenters. The van der Waals surface area contributed by atoms with Gasteiger partial charge in [-0.3, -0.25) is 14.7 Å². The molecule has 1 aromatic carbocycles. The van der Waals surface area contributed by atoms with Crippen molar-refractivity contribution in [2.24, 2.45) is 4.99 Å². The van der Waals surface area contributed by atoms with E-state index in [1.165, 1.54) is 11.1 Å². The fourth-order valence-corrected chi connectivity index (χ4v) is 5.84. The van der Waals surface area contributed by atoms with Gasteiger partial charge >= 0.3 is 0 Å². The van der Waals surface area contributed by atoms with Gasteiger partial charge in [-0.15, -0.1) is 0 Å². The molecule has 0 bridgehead atoms. The minimum Gasteiger partial charge on any atom is -0.391 e. The standard InChI is InChI=1S/C25H35N5O2/c1-18(31)28-12-8-21(9-13-28)27-25-6-10-26-17-30(25)22-14-23(24(32)15-22)29-11-7-19-4-2-3-5-20(19)16-29/h2-6,10,21-24,27,32H,7-9,11-17H2,1H3. The summed E-state index contributed by atoms with van der Waals surface area (Å²) in [6.07, 6.45) is 8.36. The van der Waals surface area contributed by atoms with Crippen molar-refractivity contribution < 1.29 is 9.90 Å². The lowest BCUT2D eigenvalue weighted by Gasteiger charge is -2.39. The number of aliphatic hydroxyl groups is 1. The van der Waals surface area contributed by atoms with Crippen LogP contribution in [0.1, 0.15) is 43.7 Å². The van der Waals surface area contributed by atoms with Crippen LogP contribution in [-0.2, 0) is 17.8 Å². The molecule has 3 atom stereocenters. The van der Waals surface area contributed by atoms with Crippen LogP contribution in [0.15, 0.2) is 41.2 Å². The minimum absolute atomic E-state index is 0.167. The van der Waals surface area contributed by atoms with Gasteiger partial charge < -0.3 is 20.2 Å². The number of carbonyl (C=O) groups excluding carboxylic acids is 1. The Kier molecular flexibility index (Phi) is 6.20. The Hall–Kier alpha value is -2.38. The van der Waals surface area contributed by atoms with E-state index in [0.717, 1.165) is 64.1 Å². The summed E-state index contributed by atoms with van der Waals surface area (Å²) >= 11 is 0. The SMILES string of the molecule is CC(=O)N1CCC(NC2=CC=NCN2C2CC(O)C(N3CCc4ccccc4C3)C2)CC1. The Morgan fingerprint density at radius 2 is 1.91 bits per heavy atom. The van der Waals surface area contributed by atoms with Crippen LogP contribution >= 0.6 is 0 Å². The van der Waals surface area contributed by atoms with Gasteiger partial charge in [-0.1, -0.05) is 24.3 Å². The number of benzene rings is 1. The second-order valence-electron chi connectivity index (χ2n) is 9.67. The van der Waals surface area contributed by atoms with Crippen LogP contribution < -0.4 is 5.32 Å². The van der Waals surface area contributed by atoms with Crippen LogP contribution in [0.3, 0.4) is 0 Å². The highest BCUT2D eigenvalue weighted by molar-refractivity contribution is 5.73. The van der Waals surface area contributed by atoms with Crippen LogP contribution in [0.4, 0.5) is 0 Å². The van der Waals surface area contributed by atoms with Crippen molar-refractivity contribution in [1.29, 1.82) is 0 Å². The number of likely N-dealkylation sites (tertiary alicyclic amines) is 1. The molecular weight excluding hydrogens is 402 g/mol. The molecule has 7 heteroatoms. The molecule has 3 heterocycles. The monoisotopic (exact) mass is 437 g/mol. The van der Waals surface area contributed by atoms with Crippen LogP contribution in [-0.4, -0.2) is 82.5 Å². The first-order valence-corrected chi connectivity index (χ1v) is 12.1. The number of aliphatic imine (C=N–C) groups is 1. The first-order valence-electron chi connectivity index (χ1n) is 12.1. The molecular formula is C25H35N5O2. The quantitative estimate of drug-likeness (QED) is 0.751. The summed E-state index contributed by atoms with van der Waals surface area (Å²) in [5, 5.41) is 14.7. The molecule has 32 heavy (non-hydrogen) atoms. The number of hydrogen-bond acceptors (Lipinski definition) is 6. The summed E-state index contributed by atoms with van der Waals surface area (Å²) in [5.41, 5.74) is 2.85. The van der Waals surface area contributed by atoms with E-state index in [-0.39, 0.29) is 24.1 Å². The Balaban J connectivity index is 1.21. The number of rotatable bonds is 4. The predicted octanol–water partition coefficient (Wildman–Crippen LogP) is 1.72. The Labute approximate surface area is 190 Å². The third kappa shape index (κ3) is 4.41. The summed E-state index contributed by atoms with van der Waals surface area (Å²) in [6, 6.07) is 9.53. The Morgan fingerprint density at radius 3 is 2.69 bits per heavy atom. The van der Waals surface area contributed by atoms with Gasteiger partial charge in [0.2, 0.25) is 5.91 Å². The van der Waals surface area contributed by atoms with Gasteiger partial charge in [0.15, 0.2) is 0 Å². The van der Waals surface area contributed by atoms with Crippen molar-refractivity contribution in [2.45, 2.75) is 69.8 Å². The van der Waals surface area contributed by atoms with E-state index in [2.05, 4.69) is 50.5 Å². The van der Waals surface area contributed by atoms with E-state index < -0.39 is 0 Å². The zero-order chi connectivity index (χ0) is 22.1. The third-order valence-electron chi connectivity index (χ3n) is 7.71. The van der Waals surface area contributed by atoms with Crippen LogP contribution in [0.25, 0.3) is 0 Å². The molecule has 1 aliphatic carbocycles. The number of nitrogens with one attached hydrogen (secondary N) is 1. The lowest BCUT2D eigenvalue weighted by Crippen LogP contribution is -2.48.